The molecule has 4 saturated carbocycles. The monoisotopic (exact) mass is 670 g/mol. The van der Waals surface area contributed by atoms with Crippen molar-refractivity contribution in [3.05, 3.63) is 0 Å². The molecule has 0 radical (unpaired) electrons. The standard InChI is InChI=1S/C23H40O12S3.3Na/c1-14(9-11-33-36(24,25)26)17-6-7-18-16-5-4-15-12-20(34-37(27,28)29)21(35-38(30,31)32)13-23(15,3)19(16)8-10-22(17,18)2;;;/h14-21H,4-13H2,1-3H3,(H,24,25,26)(H,27,28,29)(H,30,31,32);;;/q;3*+1/p-3/t14-,15+,16+,17-,18+,19+,20+,21+,22-,23+;;;/m1.../s1. The minimum atomic E-state index is -5.16. The van der Waals surface area contributed by atoms with Gasteiger partial charge in [-0.1, -0.05) is 20.8 Å². The molecule has 222 valence electrons. The van der Waals surface area contributed by atoms with E-state index < -0.39 is 48.8 Å². The molecule has 4 fully saturated rings. The number of rotatable bonds is 9. The van der Waals surface area contributed by atoms with E-state index in [1.165, 1.54) is 0 Å². The molecule has 0 saturated heterocycles. The zero-order valence-electron chi connectivity index (χ0n) is 24.8. The first-order valence-corrected chi connectivity index (χ1v) is 17.2. The molecule has 4 rings (SSSR count). The van der Waals surface area contributed by atoms with Gasteiger partial charge in [0.2, 0.25) is 31.2 Å². The number of fused-ring (bicyclic) bond motifs is 5. The van der Waals surface area contributed by atoms with Gasteiger partial charge < -0.3 is 13.7 Å². The van der Waals surface area contributed by atoms with E-state index in [4.69, 9.17) is 4.18 Å². The van der Waals surface area contributed by atoms with E-state index in [2.05, 4.69) is 29.1 Å². The van der Waals surface area contributed by atoms with Crippen LogP contribution in [0.1, 0.15) is 78.6 Å². The molecule has 0 aromatic heterocycles. The summed E-state index contributed by atoms with van der Waals surface area (Å²) in [5, 5.41) is 0. The zero-order chi connectivity index (χ0) is 28.3. The molecule has 0 heterocycles. The fraction of sp³-hybridized carbons (Fsp3) is 1.00. The van der Waals surface area contributed by atoms with Crippen LogP contribution >= 0.6 is 0 Å². The van der Waals surface area contributed by atoms with E-state index in [1.54, 1.807) is 0 Å². The summed E-state index contributed by atoms with van der Waals surface area (Å²) < 4.78 is 115. The molecule has 0 unspecified atom stereocenters. The largest absolute Gasteiger partial charge is 1.00 e. The van der Waals surface area contributed by atoms with Crippen LogP contribution < -0.4 is 88.7 Å². The average molecular weight is 671 g/mol. The van der Waals surface area contributed by atoms with Gasteiger partial charge in [0, 0.05) is 0 Å². The Bertz CT molecular complexity index is 1220. The van der Waals surface area contributed by atoms with Crippen LogP contribution in [0.5, 0.6) is 0 Å². The maximum absolute atomic E-state index is 11.5. The van der Waals surface area contributed by atoms with E-state index in [0.717, 1.165) is 38.5 Å². The molecule has 41 heavy (non-hydrogen) atoms. The van der Waals surface area contributed by atoms with Gasteiger partial charge >= 0.3 is 88.7 Å². The maximum Gasteiger partial charge on any atom is 1.00 e. The quantitative estimate of drug-likeness (QED) is 0.128. The van der Waals surface area contributed by atoms with E-state index in [-0.39, 0.29) is 131 Å². The third kappa shape index (κ3) is 9.82. The molecule has 0 N–H and O–H groups in total. The Balaban J connectivity index is 0.00000280. The molecular formula is C23H37Na3O12S3. The third-order valence-corrected chi connectivity index (χ3v) is 12.1. The van der Waals surface area contributed by atoms with Crippen LogP contribution in [0, 0.1) is 46.3 Å². The maximum atomic E-state index is 11.5. The molecule has 0 bridgehead atoms. The Kier molecular flexibility index (Phi) is 15.5. The van der Waals surface area contributed by atoms with Crippen LogP contribution in [0.15, 0.2) is 0 Å². The molecule has 0 aliphatic heterocycles. The average Bonchev–Trinajstić information content (AvgIpc) is 3.08. The van der Waals surface area contributed by atoms with E-state index in [9.17, 15) is 38.9 Å². The molecule has 0 amide bonds. The van der Waals surface area contributed by atoms with E-state index >= 15 is 0 Å². The second-order valence-corrected chi connectivity index (χ2v) is 15.5. The molecule has 0 aromatic carbocycles. The minimum absolute atomic E-state index is 0. The summed E-state index contributed by atoms with van der Waals surface area (Å²) in [5.74, 6) is 1.43. The van der Waals surface area contributed by atoms with Crippen LogP contribution in [-0.4, -0.2) is 57.7 Å². The smallest absolute Gasteiger partial charge is 0.726 e. The van der Waals surface area contributed by atoms with Crippen molar-refractivity contribution in [1.29, 1.82) is 0 Å². The van der Waals surface area contributed by atoms with E-state index in [1.807, 2.05) is 0 Å². The van der Waals surface area contributed by atoms with E-state index in [0.29, 0.717) is 24.2 Å². The molecule has 10 atom stereocenters. The molecular weight excluding hydrogens is 633 g/mol. The normalized spacial score (nSPS) is 39.5. The van der Waals surface area contributed by atoms with Gasteiger partial charge in [-0.3, -0.25) is 12.5 Å². The van der Waals surface area contributed by atoms with Gasteiger partial charge in [0.1, 0.15) is 12.2 Å². The summed E-state index contributed by atoms with van der Waals surface area (Å²) >= 11 is 0. The summed E-state index contributed by atoms with van der Waals surface area (Å²) in [6.07, 6.45) is 3.42. The van der Waals surface area contributed by atoms with Crippen molar-refractivity contribution in [2.75, 3.05) is 6.61 Å². The van der Waals surface area contributed by atoms with Gasteiger partial charge in [-0.25, -0.2) is 25.3 Å². The first-order valence-electron chi connectivity index (χ1n) is 13.2. The Morgan fingerprint density at radius 2 is 1.32 bits per heavy atom. The van der Waals surface area contributed by atoms with Crippen molar-refractivity contribution in [3.8, 4) is 0 Å². The predicted molar refractivity (Wildman–Crippen MR) is 129 cm³/mol. The molecule has 12 nitrogen and oxygen atoms in total. The second kappa shape index (κ2) is 15.2. The SMILES string of the molecule is C[C@H](CCOS(=O)(=O)[O-])[C@H]1CC[C@H]2[C@@H]3CC[C@H]4C[C@H](OS(=O)(=O)[O-])[C@@H](OS(=O)(=O)[O-])C[C@]4(C)[C@H]3CC[C@]12C.[Na+].[Na+].[Na+]. The van der Waals surface area contributed by atoms with Gasteiger partial charge in [0.15, 0.2) is 0 Å². The van der Waals surface area contributed by atoms with Crippen LogP contribution in [0.3, 0.4) is 0 Å². The van der Waals surface area contributed by atoms with Gasteiger partial charge in [-0.2, -0.15) is 0 Å². The van der Waals surface area contributed by atoms with Crippen molar-refractivity contribution < 1.29 is 140 Å². The first kappa shape index (κ1) is 41.6. The third-order valence-electron chi connectivity index (χ3n) is 10.7. The van der Waals surface area contributed by atoms with Crippen LogP contribution in [0.2, 0.25) is 0 Å². The van der Waals surface area contributed by atoms with Crippen molar-refractivity contribution in [1.82, 2.24) is 0 Å². The van der Waals surface area contributed by atoms with Crippen LogP contribution in [0.4, 0.5) is 0 Å². The molecule has 0 spiro atoms. The summed E-state index contributed by atoms with van der Waals surface area (Å²) in [5.41, 5.74) is -0.405. The van der Waals surface area contributed by atoms with Crippen molar-refractivity contribution in [3.63, 3.8) is 0 Å². The summed E-state index contributed by atoms with van der Waals surface area (Å²) in [6, 6.07) is 0. The predicted octanol–water partition coefficient (Wildman–Crippen LogP) is -6.54. The van der Waals surface area contributed by atoms with Gasteiger partial charge in [-0.05, 0) is 104 Å². The number of hydrogen-bond donors (Lipinski definition) is 0. The van der Waals surface area contributed by atoms with Crippen molar-refractivity contribution >= 4 is 31.2 Å². The van der Waals surface area contributed by atoms with Crippen LogP contribution in [-0.2, 0) is 43.7 Å². The summed E-state index contributed by atoms with van der Waals surface area (Å²) in [6.45, 7) is 6.28. The summed E-state index contributed by atoms with van der Waals surface area (Å²) in [4.78, 5) is 0. The van der Waals surface area contributed by atoms with Crippen molar-refractivity contribution in [2.24, 2.45) is 46.3 Å². The molecule has 4 aliphatic carbocycles. The topological polar surface area (TPSA) is 199 Å². The zero-order valence-corrected chi connectivity index (χ0v) is 33.3. The van der Waals surface area contributed by atoms with Gasteiger partial charge in [0.25, 0.3) is 0 Å². The second-order valence-electron chi connectivity index (χ2n) is 12.4. The molecule has 4 aliphatic rings. The molecule has 0 aromatic rings. The Labute approximate surface area is 311 Å². The Morgan fingerprint density at radius 1 is 0.756 bits per heavy atom. The number of hydrogen-bond acceptors (Lipinski definition) is 12. The van der Waals surface area contributed by atoms with Gasteiger partial charge in [-0.15, -0.1) is 0 Å². The molecule has 18 heteroatoms. The fourth-order valence-corrected chi connectivity index (χ4v) is 10.6. The Hall–Kier alpha value is 2.61. The van der Waals surface area contributed by atoms with Gasteiger partial charge in [0.05, 0.1) is 6.61 Å². The first-order chi connectivity index (χ1) is 17.3. The van der Waals surface area contributed by atoms with Crippen molar-refractivity contribution in [2.45, 2.75) is 90.8 Å². The minimum Gasteiger partial charge on any atom is -0.726 e. The summed E-state index contributed by atoms with van der Waals surface area (Å²) in [7, 11) is -15.0. The Morgan fingerprint density at radius 3 is 1.88 bits per heavy atom. The fourth-order valence-electron chi connectivity index (χ4n) is 9.25. The van der Waals surface area contributed by atoms with Crippen LogP contribution in [0.25, 0.3) is 0 Å².